The summed E-state index contributed by atoms with van der Waals surface area (Å²) in [7, 11) is 0. The molecule has 0 amide bonds. The largest absolute Gasteiger partial charge is 0.354 e. The molecule has 0 saturated carbocycles. The first kappa shape index (κ1) is 12.0. The molecule has 0 saturated heterocycles. The molecule has 1 N–H and O–H groups in total. The highest BCUT2D eigenvalue weighted by molar-refractivity contribution is 9.10. The summed E-state index contributed by atoms with van der Waals surface area (Å²) < 4.78 is 15.7. The molecule has 90 valence electrons. The van der Waals surface area contributed by atoms with E-state index in [-0.39, 0.29) is 5.82 Å². The van der Waals surface area contributed by atoms with Crippen molar-refractivity contribution in [2.45, 2.75) is 13.3 Å². The predicted molar refractivity (Wildman–Crippen MR) is 65.6 cm³/mol. The molecule has 0 aliphatic rings. The molecule has 2 rings (SSSR count). The van der Waals surface area contributed by atoms with Gasteiger partial charge in [-0.3, -0.25) is 0 Å². The first-order valence-corrected chi connectivity index (χ1v) is 5.97. The highest BCUT2D eigenvalue weighted by Crippen LogP contribution is 2.14. The van der Waals surface area contributed by atoms with E-state index in [0.29, 0.717) is 5.95 Å². The molecule has 2 heterocycles. The Kier molecular flexibility index (Phi) is 3.68. The van der Waals surface area contributed by atoms with Crippen LogP contribution in [0.3, 0.4) is 0 Å². The van der Waals surface area contributed by atoms with Gasteiger partial charge in [0.05, 0.1) is 16.9 Å². The van der Waals surface area contributed by atoms with E-state index in [1.54, 1.807) is 12.4 Å². The molecule has 17 heavy (non-hydrogen) atoms. The third-order valence-electron chi connectivity index (χ3n) is 2.03. The topological polar surface area (TPSA) is 55.6 Å². The first-order valence-electron chi connectivity index (χ1n) is 5.17. The molecule has 2 aromatic heterocycles. The van der Waals surface area contributed by atoms with Gasteiger partial charge in [-0.05, 0) is 22.4 Å². The number of rotatable bonds is 4. The van der Waals surface area contributed by atoms with E-state index >= 15 is 0 Å². The Morgan fingerprint density at radius 2 is 2.29 bits per heavy atom. The Hall–Kier alpha value is -1.50. The minimum absolute atomic E-state index is 0.129. The van der Waals surface area contributed by atoms with Crippen LogP contribution in [0.2, 0.25) is 0 Å². The summed E-state index contributed by atoms with van der Waals surface area (Å²) in [5.41, 5.74) is 0. The summed E-state index contributed by atoms with van der Waals surface area (Å²) in [6.07, 6.45) is 5.29. The van der Waals surface area contributed by atoms with Gasteiger partial charge in [-0.1, -0.05) is 6.92 Å². The number of nitrogens with zero attached hydrogens (tertiary/aromatic N) is 4. The molecular weight excluding hydrogens is 289 g/mol. The van der Waals surface area contributed by atoms with E-state index in [1.165, 1.54) is 4.68 Å². The number of anilines is 1. The maximum atomic E-state index is 13.6. The zero-order chi connectivity index (χ0) is 12.3. The van der Waals surface area contributed by atoms with Crippen LogP contribution in [0.15, 0.2) is 23.1 Å². The van der Waals surface area contributed by atoms with Gasteiger partial charge in [0.2, 0.25) is 5.95 Å². The van der Waals surface area contributed by atoms with Gasteiger partial charge in [-0.2, -0.15) is 10.1 Å². The minimum atomic E-state index is -0.511. The van der Waals surface area contributed by atoms with Crippen molar-refractivity contribution in [1.82, 2.24) is 19.7 Å². The Morgan fingerprint density at radius 1 is 1.47 bits per heavy atom. The molecule has 0 bridgehead atoms. The molecule has 5 nitrogen and oxygen atoms in total. The van der Waals surface area contributed by atoms with Crippen LogP contribution in [-0.4, -0.2) is 26.3 Å². The summed E-state index contributed by atoms with van der Waals surface area (Å²) >= 11 is 3.25. The highest BCUT2D eigenvalue weighted by Gasteiger charge is 2.09. The van der Waals surface area contributed by atoms with Crippen molar-refractivity contribution in [2.24, 2.45) is 0 Å². The van der Waals surface area contributed by atoms with Crippen LogP contribution in [0.1, 0.15) is 13.3 Å². The number of halogens is 2. The molecule has 0 fully saturated rings. The fourth-order valence-electron chi connectivity index (χ4n) is 1.26. The van der Waals surface area contributed by atoms with Crippen molar-refractivity contribution >= 4 is 21.9 Å². The summed E-state index contributed by atoms with van der Waals surface area (Å²) in [5, 5.41) is 6.98. The fourth-order valence-corrected chi connectivity index (χ4v) is 1.54. The Bertz CT molecular complexity index is 513. The van der Waals surface area contributed by atoms with E-state index in [2.05, 4.69) is 36.3 Å². The van der Waals surface area contributed by atoms with Gasteiger partial charge < -0.3 is 5.32 Å². The van der Waals surface area contributed by atoms with Crippen LogP contribution in [0, 0.1) is 5.82 Å². The van der Waals surface area contributed by atoms with Gasteiger partial charge in [-0.15, -0.1) is 0 Å². The maximum Gasteiger partial charge on any atom is 0.224 e. The molecular formula is C10H11BrFN5. The van der Waals surface area contributed by atoms with E-state index in [0.717, 1.165) is 23.6 Å². The van der Waals surface area contributed by atoms with Crippen LogP contribution >= 0.6 is 15.9 Å². The lowest BCUT2D eigenvalue weighted by Crippen LogP contribution is -2.09. The van der Waals surface area contributed by atoms with Gasteiger partial charge in [0.1, 0.15) is 0 Å². The third kappa shape index (κ3) is 2.79. The Balaban J connectivity index is 2.32. The SMILES string of the molecule is CCCNc1ncc(F)c(-n2cc(Br)cn2)n1. The normalized spacial score (nSPS) is 10.5. The standard InChI is InChI=1S/C10H11BrFN5/c1-2-3-13-10-14-5-8(12)9(16-10)17-6-7(11)4-15-17/h4-6H,2-3H2,1H3,(H,13,14,16). The second kappa shape index (κ2) is 5.22. The summed E-state index contributed by atoms with van der Waals surface area (Å²) in [4.78, 5) is 7.93. The predicted octanol–water partition coefficient (Wildman–Crippen LogP) is 2.39. The Labute approximate surface area is 106 Å². The third-order valence-corrected chi connectivity index (χ3v) is 2.44. The second-order valence-electron chi connectivity index (χ2n) is 3.40. The molecule has 2 aromatic rings. The number of nitrogens with one attached hydrogen (secondary N) is 1. The van der Waals surface area contributed by atoms with Gasteiger partial charge in [-0.25, -0.2) is 14.1 Å². The molecule has 0 unspecified atom stereocenters. The van der Waals surface area contributed by atoms with Crippen molar-refractivity contribution < 1.29 is 4.39 Å². The average Bonchev–Trinajstić information content (AvgIpc) is 2.75. The summed E-state index contributed by atoms with van der Waals surface area (Å²) in [5.74, 6) is 0.0156. The van der Waals surface area contributed by atoms with Gasteiger partial charge >= 0.3 is 0 Å². The molecule has 7 heteroatoms. The number of hydrogen-bond donors (Lipinski definition) is 1. The van der Waals surface area contributed by atoms with Crippen molar-refractivity contribution in [3.63, 3.8) is 0 Å². The van der Waals surface area contributed by atoms with Crippen molar-refractivity contribution in [3.05, 3.63) is 28.9 Å². The van der Waals surface area contributed by atoms with Crippen LogP contribution in [0.25, 0.3) is 5.82 Å². The molecule has 0 aromatic carbocycles. The molecule has 0 atom stereocenters. The van der Waals surface area contributed by atoms with Crippen LogP contribution in [-0.2, 0) is 0 Å². The van der Waals surface area contributed by atoms with E-state index in [4.69, 9.17) is 0 Å². The van der Waals surface area contributed by atoms with Crippen LogP contribution in [0.5, 0.6) is 0 Å². The van der Waals surface area contributed by atoms with E-state index in [1.807, 2.05) is 6.92 Å². The monoisotopic (exact) mass is 299 g/mol. The highest BCUT2D eigenvalue weighted by atomic mass is 79.9. The average molecular weight is 300 g/mol. The van der Waals surface area contributed by atoms with Crippen molar-refractivity contribution in [2.75, 3.05) is 11.9 Å². The lowest BCUT2D eigenvalue weighted by molar-refractivity contribution is 0.593. The smallest absolute Gasteiger partial charge is 0.224 e. The lowest BCUT2D eigenvalue weighted by atomic mass is 10.5. The molecule has 0 aliphatic carbocycles. The van der Waals surface area contributed by atoms with Crippen molar-refractivity contribution in [3.8, 4) is 5.82 Å². The van der Waals surface area contributed by atoms with Gasteiger partial charge in [0, 0.05) is 12.7 Å². The number of aromatic nitrogens is 4. The number of hydrogen-bond acceptors (Lipinski definition) is 4. The van der Waals surface area contributed by atoms with E-state index < -0.39 is 5.82 Å². The lowest BCUT2D eigenvalue weighted by Gasteiger charge is -2.06. The van der Waals surface area contributed by atoms with E-state index in [9.17, 15) is 4.39 Å². The maximum absolute atomic E-state index is 13.6. The van der Waals surface area contributed by atoms with Gasteiger partial charge in [0.25, 0.3) is 0 Å². The van der Waals surface area contributed by atoms with Gasteiger partial charge in [0.15, 0.2) is 11.6 Å². The van der Waals surface area contributed by atoms with Crippen molar-refractivity contribution in [1.29, 1.82) is 0 Å². The summed E-state index contributed by atoms with van der Waals surface area (Å²) in [6.45, 7) is 2.77. The first-order chi connectivity index (χ1) is 8.20. The summed E-state index contributed by atoms with van der Waals surface area (Å²) in [6, 6.07) is 0. The fraction of sp³-hybridized carbons (Fsp3) is 0.300. The zero-order valence-corrected chi connectivity index (χ0v) is 10.8. The second-order valence-corrected chi connectivity index (χ2v) is 4.31. The minimum Gasteiger partial charge on any atom is -0.354 e. The Morgan fingerprint density at radius 3 is 2.94 bits per heavy atom. The van der Waals surface area contributed by atoms with Crippen LogP contribution < -0.4 is 5.32 Å². The molecule has 0 radical (unpaired) electrons. The molecule has 0 spiro atoms. The van der Waals surface area contributed by atoms with Crippen LogP contribution in [0.4, 0.5) is 10.3 Å². The molecule has 0 aliphatic heterocycles. The zero-order valence-electron chi connectivity index (χ0n) is 9.19. The quantitative estimate of drug-likeness (QED) is 0.942.